The summed E-state index contributed by atoms with van der Waals surface area (Å²) < 4.78 is 36.3. The van der Waals surface area contributed by atoms with Crippen molar-refractivity contribution in [2.24, 2.45) is 60.3 Å². The molecule has 1 unspecified atom stereocenters. The standard InChI is InChI=1S/C54H77N5O15/c1-29-45-32(17-20-39(62)69-10)50(3,4)36(57-45)25-35-31(16-19-38(61)68-9)52(6,26-37(60)55-28-44(67)74-15)48(56-35)30(2)46-33(18-21-40(63)70-11)53(7,27-43(66)73-14)54(8,59-46)49-34(24-42(65)72-13)51(5,47(29)58-49)23-22-41(64)71-12/h25,31-34,49,56H,16-24,26-28H2,1-15H3,(H,55,60)/b35-25?,45-29?,48-30-/t31-,32-,33-,34+,49?,51-,52+,53+,54+/m1/s1. The highest BCUT2D eigenvalue weighted by atomic mass is 16.5. The molecular formula is C54H77N5O15. The molecule has 0 aromatic heterocycles. The Bertz CT molecular complexity index is 2490. The average molecular weight is 1040 g/mol. The van der Waals surface area contributed by atoms with Crippen LogP contribution in [0.15, 0.2) is 49.3 Å². The maximum absolute atomic E-state index is 14.3. The van der Waals surface area contributed by atoms with Crippen LogP contribution in [0.1, 0.15) is 126 Å². The smallest absolute Gasteiger partial charge is 0.325 e. The highest BCUT2D eigenvalue weighted by Gasteiger charge is 2.66. The van der Waals surface area contributed by atoms with Gasteiger partial charge < -0.3 is 43.8 Å². The number of nitrogens with one attached hydrogen (secondary N) is 2. The Labute approximate surface area is 434 Å². The van der Waals surface area contributed by atoms with Gasteiger partial charge in [-0.15, -0.1) is 0 Å². The van der Waals surface area contributed by atoms with Crippen molar-refractivity contribution in [2.75, 3.05) is 56.3 Å². The van der Waals surface area contributed by atoms with E-state index in [9.17, 15) is 38.4 Å². The highest BCUT2D eigenvalue weighted by Crippen LogP contribution is 2.62. The molecule has 20 nitrogen and oxygen atoms in total. The SMILES string of the molecule is COC(=O)CC[C@@H]1C2=C(C)C3=NC([C@H](CC(=O)OC)[C@@]3(C)CCC(=O)OC)[C@]3(C)N=C(/C(C)=C4\NC(=CC(=N2)C1(C)C)[C@@H](CCC(=O)OC)[C@]4(C)CC(=O)NCC(=O)OC)[C@@H](CCC(=O)OC)[C@]3(C)CC(=O)OC. The Morgan fingerprint density at radius 3 is 1.66 bits per heavy atom. The van der Waals surface area contributed by atoms with Crippen LogP contribution in [0.25, 0.3) is 0 Å². The number of carbonyl (C=O) groups is 8. The van der Waals surface area contributed by atoms with E-state index in [-0.39, 0.29) is 64.2 Å². The monoisotopic (exact) mass is 1040 g/mol. The number of esters is 7. The zero-order valence-corrected chi connectivity index (χ0v) is 45.9. The first kappa shape index (κ1) is 58.7. The van der Waals surface area contributed by atoms with Gasteiger partial charge in [-0.2, -0.15) is 0 Å². The van der Waals surface area contributed by atoms with Crippen molar-refractivity contribution in [3.8, 4) is 0 Å². The molecule has 0 spiro atoms. The molecule has 0 aromatic rings. The van der Waals surface area contributed by atoms with Crippen LogP contribution in [0.5, 0.6) is 0 Å². The molecule has 0 aromatic carbocycles. The van der Waals surface area contributed by atoms with Crippen molar-refractivity contribution in [1.82, 2.24) is 10.6 Å². The summed E-state index contributed by atoms with van der Waals surface area (Å²) in [6.07, 6.45) is 1.96. The maximum atomic E-state index is 14.3. The fraction of sp³-hybridized carbons (Fsp3) is 0.685. The predicted molar refractivity (Wildman–Crippen MR) is 271 cm³/mol. The van der Waals surface area contributed by atoms with Gasteiger partial charge >= 0.3 is 41.8 Å². The maximum Gasteiger partial charge on any atom is 0.325 e. The largest absolute Gasteiger partial charge is 0.469 e. The molecular weight excluding hydrogens is 959 g/mol. The molecule has 9 atom stereocenters. The van der Waals surface area contributed by atoms with Crippen LogP contribution >= 0.6 is 0 Å². The molecule has 5 aliphatic heterocycles. The van der Waals surface area contributed by atoms with E-state index < -0.39 is 111 Å². The average Bonchev–Trinajstić information content (AvgIpc) is 3.99. The molecule has 2 N–H and O–H groups in total. The summed E-state index contributed by atoms with van der Waals surface area (Å²) in [6, 6.07) is -0.926. The molecule has 8 bridgehead atoms. The zero-order valence-electron chi connectivity index (χ0n) is 45.9. The minimum atomic E-state index is -1.42. The summed E-state index contributed by atoms with van der Waals surface area (Å²) in [7, 11) is 9.02. The summed E-state index contributed by atoms with van der Waals surface area (Å²) >= 11 is 0. The third kappa shape index (κ3) is 11.1. The van der Waals surface area contributed by atoms with E-state index >= 15 is 0 Å². The van der Waals surface area contributed by atoms with Crippen molar-refractivity contribution >= 4 is 64.8 Å². The normalized spacial score (nSPS) is 30.5. The number of hydrogen-bond acceptors (Lipinski definition) is 19. The van der Waals surface area contributed by atoms with E-state index in [2.05, 4.69) is 10.6 Å². The number of hydrogen-bond donors (Lipinski definition) is 2. The number of allylic oxidation sites excluding steroid dienone is 6. The molecule has 0 saturated carbocycles. The third-order valence-electron chi connectivity index (χ3n) is 17.3. The van der Waals surface area contributed by atoms with Crippen LogP contribution in [0.2, 0.25) is 0 Å². The molecule has 1 fully saturated rings. The van der Waals surface area contributed by atoms with Crippen LogP contribution in [0.4, 0.5) is 0 Å². The topological polar surface area (TPSA) is 262 Å². The van der Waals surface area contributed by atoms with E-state index in [1.54, 1.807) is 0 Å². The number of nitrogens with zero attached hydrogens (tertiary/aromatic N) is 3. The number of carbonyl (C=O) groups excluding carboxylic acids is 8. The first-order valence-electron chi connectivity index (χ1n) is 25.1. The van der Waals surface area contributed by atoms with Crippen LogP contribution in [0, 0.1) is 45.3 Å². The summed E-state index contributed by atoms with van der Waals surface area (Å²) in [5.41, 5.74) is -1.09. The fourth-order valence-electron chi connectivity index (χ4n) is 12.6. The van der Waals surface area contributed by atoms with Gasteiger partial charge in [-0.25, -0.2) is 0 Å². The predicted octanol–water partition coefficient (Wildman–Crippen LogP) is 5.65. The second kappa shape index (κ2) is 23.1. The third-order valence-corrected chi connectivity index (χ3v) is 17.3. The number of fused-ring (bicyclic) bond motifs is 6. The zero-order chi connectivity index (χ0) is 55.3. The number of amides is 1. The number of methoxy groups -OCH3 is 7. The molecule has 5 rings (SSSR count). The van der Waals surface area contributed by atoms with Crippen molar-refractivity contribution in [2.45, 2.75) is 138 Å². The van der Waals surface area contributed by atoms with Crippen LogP contribution in [-0.4, -0.2) is 133 Å². The van der Waals surface area contributed by atoms with Crippen LogP contribution < -0.4 is 10.6 Å². The van der Waals surface area contributed by atoms with E-state index in [0.29, 0.717) is 51.8 Å². The fourth-order valence-corrected chi connectivity index (χ4v) is 12.6. The molecule has 0 aliphatic carbocycles. The molecule has 5 aliphatic rings. The van der Waals surface area contributed by atoms with Crippen molar-refractivity contribution in [1.29, 1.82) is 0 Å². The number of ether oxygens (including phenoxy) is 7. The number of aliphatic imine (C=N–C) groups is 3. The minimum Gasteiger partial charge on any atom is -0.469 e. The van der Waals surface area contributed by atoms with Gasteiger partial charge in [0.15, 0.2) is 0 Å². The van der Waals surface area contributed by atoms with Gasteiger partial charge in [0.2, 0.25) is 5.91 Å². The lowest BCUT2D eigenvalue weighted by Crippen LogP contribution is -2.55. The van der Waals surface area contributed by atoms with Crippen molar-refractivity contribution in [3.63, 3.8) is 0 Å². The second-order valence-electron chi connectivity index (χ2n) is 21.5. The number of rotatable bonds is 20. The lowest BCUT2D eigenvalue weighted by Gasteiger charge is -2.48. The first-order valence-corrected chi connectivity index (χ1v) is 25.1. The molecule has 408 valence electrons. The van der Waals surface area contributed by atoms with Gasteiger partial charge in [0.05, 0.1) is 74.2 Å². The molecule has 1 amide bonds. The Kier molecular flexibility index (Phi) is 18.3. The first-order chi connectivity index (χ1) is 34.7. The molecule has 74 heavy (non-hydrogen) atoms. The van der Waals surface area contributed by atoms with Gasteiger partial charge in [-0.05, 0) is 63.7 Å². The van der Waals surface area contributed by atoms with Gasteiger partial charge in [-0.1, -0.05) is 34.6 Å². The molecule has 1 saturated heterocycles. The Morgan fingerprint density at radius 1 is 0.608 bits per heavy atom. The Morgan fingerprint density at radius 2 is 1.12 bits per heavy atom. The summed E-state index contributed by atoms with van der Waals surface area (Å²) in [5.74, 6) is -6.67. The van der Waals surface area contributed by atoms with Crippen LogP contribution in [-0.2, 0) is 71.5 Å². The Hall–Kier alpha value is -6.21. The van der Waals surface area contributed by atoms with Crippen molar-refractivity contribution < 1.29 is 71.5 Å². The van der Waals surface area contributed by atoms with Gasteiger partial charge in [0.1, 0.15) is 6.54 Å². The van der Waals surface area contributed by atoms with Gasteiger partial charge in [-0.3, -0.25) is 53.3 Å². The highest BCUT2D eigenvalue weighted by molar-refractivity contribution is 6.10. The van der Waals surface area contributed by atoms with E-state index in [4.69, 9.17) is 48.1 Å². The van der Waals surface area contributed by atoms with E-state index in [1.807, 2.05) is 61.5 Å². The lowest BCUT2D eigenvalue weighted by molar-refractivity contribution is -0.147. The lowest BCUT2D eigenvalue weighted by atomic mass is 9.55. The van der Waals surface area contributed by atoms with E-state index in [0.717, 1.165) is 0 Å². The molecule has 0 radical (unpaired) electrons. The van der Waals surface area contributed by atoms with Gasteiger partial charge in [0, 0.05) is 112 Å². The molecule has 5 heterocycles. The molecule has 20 heteroatoms. The summed E-state index contributed by atoms with van der Waals surface area (Å²) in [5, 5.41) is 6.42. The summed E-state index contributed by atoms with van der Waals surface area (Å²) in [4.78, 5) is 124. The minimum absolute atomic E-state index is 0.0413. The Balaban J connectivity index is 2.04. The second-order valence-corrected chi connectivity index (χ2v) is 21.5. The van der Waals surface area contributed by atoms with Crippen LogP contribution in [0.3, 0.4) is 0 Å². The quantitative estimate of drug-likeness (QED) is 0.110. The van der Waals surface area contributed by atoms with Gasteiger partial charge in [0.25, 0.3) is 0 Å². The van der Waals surface area contributed by atoms with E-state index in [1.165, 1.54) is 49.8 Å². The van der Waals surface area contributed by atoms with Crippen molar-refractivity contribution in [3.05, 3.63) is 34.3 Å². The summed E-state index contributed by atoms with van der Waals surface area (Å²) in [6.45, 7) is 15.1.